The molecule has 1 aliphatic rings. The van der Waals surface area contributed by atoms with Gasteiger partial charge in [0.25, 0.3) is 0 Å². The van der Waals surface area contributed by atoms with Gasteiger partial charge in [-0.2, -0.15) is 5.11 Å². The topological polar surface area (TPSA) is 48.2 Å². The van der Waals surface area contributed by atoms with Crippen LogP contribution in [0.3, 0.4) is 0 Å². The molecule has 1 heterocycles. The molecule has 0 spiro atoms. The van der Waals surface area contributed by atoms with Crippen molar-refractivity contribution in [3.05, 3.63) is 0 Å². The van der Waals surface area contributed by atoms with Crippen molar-refractivity contribution in [2.75, 3.05) is 6.54 Å². The number of hydrogen-bond donors (Lipinski definition) is 1. The predicted octanol–water partition coefficient (Wildman–Crippen LogP) is 2.20. The molecule has 0 saturated heterocycles. The zero-order chi connectivity index (χ0) is 11.2. The van der Waals surface area contributed by atoms with Gasteiger partial charge in [-0.25, -0.2) is 5.01 Å². The molecule has 1 unspecified atom stereocenters. The van der Waals surface area contributed by atoms with E-state index in [-0.39, 0.29) is 5.41 Å². The summed E-state index contributed by atoms with van der Waals surface area (Å²) in [5.74, 6) is 0. The van der Waals surface area contributed by atoms with E-state index in [0.29, 0.717) is 6.54 Å². The minimum Gasteiger partial charge on any atom is -0.367 e. The molecular formula is C10H21N3O. The second-order valence-electron chi connectivity index (χ2n) is 5.89. The van der Waals surface area contributed by atoms with Crippen LogP contribution in [0.2, 0.25) is 0 Å². The standard InChI is InChI=1S/C10H21N3O/c1-8(2,3)7-13-10(6,14)9(4,5)11-12-13/h14H,7H2,1-6H3. The van der Waals surface area contributed by atoms with E-state index >= 15 is 0 Å². The van der Waals surface area contributed by atoms with E-state index in [4.69, 9.17) is 0 Å². The quantitative estimate of drug-likeness (QED) is 0.703. The van der Waals surface area contributed by atoms with Crippen LogP contribution in [-0.4, -0.2) is 27.9 Å². The highest BCUT2D eigenvalue weighted by molar-refractivity contribution is 4.98. The molecule has 0 saturated carbocycles. The molecule has 14 heavy (non-hydrogen) atoms. The van der Waals surface area contributed by atoms with E-state index in [1.165, 1.54) is 0 Å². The van der Waals surface area contributed by atoms with Gasteiger partial charge < -0.3 is 5.11 Å². The molecule has 0 amide bonds. The maximum Gasteiger partial charge on any atom is 0.178 e. The van der Waals surface area contributed by atoms with Crippen molar-refractivity contribution >= 4 is 0 Å². The lowest BCUT2D eigenvalue weighted by Gasteiger charge is -2.38. The van der Waals surface area contributed by atoms with Gasteiger partial charge in [0, 0.05) is 6.54 Å². The van der Waals surface area contributed by atoms with Gasteiger partial charge in [0.05, 0.1) is 0 Å². The molecule has 0 fully saturated rings. The number of rotatable bonds is 1. The zero-order valence-corrected chi connectivity index (χ0v) is 10.00. The van der Waals surface area contributed by atoms with Gasteiger partial charge >= 0.3 is 0 Å². The smallest absolute Gasteiger partial charge is 0.178 e. The van der Waals surface area contributed by atoms with E-state index in [1.807, 2.05) is 13.8 Å². The summed E-state index contributed by atoms with van der Waals surface area (Å²) in [6.07, 6.45) is 0. The Morgan fingerprint density at radius 1 is 1.21 bits per heavy atom. The first-order valence-electron chi connectivity index (χ1n) is 4.99. The Morgan fingerprint density at radius 2 is 1.71 bits per heavy atom. The van der Waals surface area contributed by atoms with Gasteiger partial charge in [-0.1, -0.05) is 26.0 Å². The van der Waals surface area contributed by atoms with Gasteiger partial charge in [0.2, 0.25) is 0 Å². The molecule has 0 radical (unpaired) electrons. The highest BCUT2D eigenvalue weighted by Crippen LogP contribution is 2.37. The maximum atomic E-state index is 10.3. The van der Waals surface area contributed by atoms with Crippen LogP contribution in [0.4, 0.5) is 0 Å². The van der Waals surface area contributed by atoms with Crippen molar-refractivity contribution in [2.24, 2.45) is 15.8 Å². The summed E-state index contributed by atoms with van der Waals surface area (Å²) < 4.78 is 0. The molecule has 82 valence electrons. The lowest BCUT2D eigenvalue weighted by molar-refractivity contribution is -0.120. The van der Waals surface area contributed by atoms with Crippen molar-refractivity contribution < 1.29 is 5.11 Å². The molecule has 0 aromatic heterocycles. The fourth-order valence-corrected chi connectivity index (χ4v) is 1.30. The highest BCUT2D eigenvalue weighted by Gasteiger charge is 2.50. The molecule has 0 aromatic carbocycles. The van der Waals surface area contributed by atoms with Crippen LogP contribution < -0.4 is 0 Å². The van der Waals surface area contributed by atoms with E-state index in [2.05, 4.69) is 31.1 Å². The second-order valence-corrected chi connectivity index (χ2v) is 5.89. The summed E-state index contributed by atoms with van der Waals surface area (Å²) >= 11 is 0. The summed E-state index contributed by atoms with van der Waals surface area (Å²) in [7, 11) is 0. The fourth-order valence-electron chi connectivity index (χ4n) is 1.30. The summed E-state index contributed by atoms with van der Waals surface area (Å²) in [5.41, 5.74) is -1.41. The Balaban J connectivity index is 2.81. The van der Waals surface area contributed by atoms with Crippen LogP contribution in [0.15, 0.2) is 10.3 Å². The van der Waals surface area contributed by atoms with Gasteiger partial charge in [0.1, 0.15) is 5.54 Å². The average molecular weight is 199 g/mol. The van der Waals surface area contributed by atoms with Gasteiger partial charge in [-0.15, -0.1) is 0 Å². The monoisotopic (exact) mass is 199 g/mol. The summed E-state index contributed by atoms with van der Waals surface area (Å²) in [6.45, 7) is 12.6. The Labute approximate surface area is 86.0 Å². The third kappa shape index (κ3) is 1.90. The minimum absolute atomic E-state index is 0.101. The molecule has 1 atom stereocenters. The van der Waals surface area contributed by atoms with Crippen molar-refractivity contribution in [2.45, 2.75) is 52.8 Å². The highest BCUT2D eigenvalue weighted by atomic mass is 16.3. The molecule has 0 bridgehead atoms. The van der Waals surface area contributed by atoms with Gasteiger partial charge in [0.15, 0.2) is 5.72 Å². The molecule has 1 N–H and O–H groups in total. The van der Waals surface area contributed by atoms with Crippen LogP contribution in [0.1, 0.15) is 41.5 Å². The van der Waals surface area contributed by atoms with Crippen LogP contribution in [0.25, 0.3) is 0 Å². The Morgan fingerprint density at radius 3 is 2.00 bits per heavy atom. The van der Waals surface area contributed by atoms with E-state index in [0.717, 1.165) is 0 Å². The summed E-state index contributed by atoms with van der Waals surface area (Å²) in [6, 6.07) is 0. The predicted molar refractivity (Wildman–Crippen MR) is 55.7 cm³/mol. The molecule has 1 aliphatic heterocycles. The first kappa shape index (κ1) is 11.4. The first-order chi connectivity index (χ1) is 6.06. The fraction of sp³-hybridized carbons (Fsp3) is 1.00. The van der Waals surface area contributed by atoms with Gasteiger partial charge in [-0.3, -0.25) is 0 Å². The minimum atomic E-state index is -0.986. The first-order valence-corrected chi connectivity index (χ1v) is 4.99. The number of aliphatic hydroxyl groups is 1. The number of nitrogens with zero attached hydrogens (tertiary/aromatic N) is 3. The van der Waals surface area contributed by atoms with E-state index < -0.39 is 11.3 Å². The number of hydrogen-bond acceptors (Lipinski definition) is 4. The molecule has 4 nitrogen and oxygen atoms in total. The average Bonchev–Trinajstić information content (AvgIpc) is 2.10. The van der Waals surface area contributed by atoms with Crippen LogP contribution in [0.5, 0.6) is 0 Å². The van der Waals surface area contributed by atoms with E-state index in [9.17, 15) is 5.11 Å². The zero-order valence-electron chi connectivity index (χ0n) is 10.00. The van der Waals surface area contributed by atoms with Crippen molar-refractivity contribution in [1.29, 1.82) is 0 Å². The van der Waals surface area contributed by atoms with Crippen LogP contribution in [-0.2, 0) is 0 Å². The molecule has 0 aromatic rings. The van der Waals surface area contributed by atoms with Crippen molar-refractivity contribution in [3.63, 3.8) is 0 Å². The largest absolute Gasteiger partial charge is 0.367 e. The lowest BCUT2D eigenvalue weighted by atomic mass is 9.90. The van der Waals surface area contributed by atoms with E-state index in [1.54, 1.807) is 11.9 Å². The summed E-state index contributed by atoms with van der Waals surface area (Å²) in [5, 5.41) is 20.1. The summed E-state index contributed by atoms with van der Waals surface area (Å²) in [4.78, 5) is 0. The lowest BCUT2D eigenvalue weighted by Crippen LogP contribution is -2.54. The normalized spacial score (nSPS) is 31.2. The maximum absolute atomic E-state index is 10.3. The van der Waals surface area contributed by atoms with Crippen LogP contribution in [0, 0.1) is 5.41 Å². The molecule has 1 rings (SSSR count). The Bertz CT molecular complexity index is 251. The third-order valence-electron chi connectivity index (χ3n) is 2.69. The third-order valence-corrected chi connectivity index (χ3v) is 2.69. The molecular weight excluding hydrogens is 178 g/mol. The van der Waals surface area contributed by atoms with Crippen molar-refractivity contribution in [1.82, 2.24) is 5.01 Å². The Kier molecular flexibility index (Phi) is 2.39. The van der Waals surface area contributed by atoms with Crippen LogP contribution >= 0.6 is 0 Å². The van der Waals surface area contributed by atoms with Crippen molar-refractivity contribution in [3.8, 4) is 0 Å². The Hall–Kier alpha value is -0.640. The molecule has 4 heteroatoms. The van der Waals surface area contributed by atoms with Gasteiger partial charge in [-0.05, 0) is 26.2 Å². The second kappa shape index (κ2) is 2.92. The molecule has 0 aliphatic carbocycles. The SMILES string of the molecule is CC(C)(C)CN1N=NC(C)(C)C1(C)O.